The average Bonchev–Trinajstić information content (AvgIpc) is 3.62. The minimum atomic E-state index is -0.161. The first-order valence-corrected chi connectivity index (χ1v) is 20.2. The second-order valence-electron chi connectivity index (χ2n) is 19.0. The van der Waals surface area contributed by atoms with Gasteiger partial charge in [0.2, 0.25) is 0 Å². The molecule has 0 amide bonds. The number of nitrogens with zero attached hydrogens (tertiary/aromatic N) is 3. The lowest BCUT2D eigenvalue weighted by Gasteiger charge is -2.60. The van der Waals surface area contributed by atoms with Crippen LogP contribution in [0.1, 0.15) is 137 Å². The van der Waals surface area contributed by atoms with E-state index in [-0.39, 0.29) is 45.6 Å². The number of hydrogen-bond donors (Lipinski definition) is 5. The third-order valence-corrected chi connectivity index (χ3v) is 17.3. The molecule has 0 saturated heterocycles. The van der Waals surface area contributed by atoms with Crippen LogP contribution >= 0.6 is 0 Å². The lowest BCUT2D eigenvalue weighted by molar-refractivity contribution is -0.159. The Balaban J connectivity index is 0.000000172. The van der Waals surface area contributed by atoms with Gasteiger partial charge in [0.05, 0.1) is 6.10 Å². The number of fused-ring (bicyclic) bond motifs is 10. The number of hydrogen-bond acceptors (Lipinski definition) is 11. The lowest BCUT2D eigenvalue weighted by atomic mass is 9.45. The van der Waals surface area contributed by atoms with Gasteiger partial charge in [-0.05, 0) is 147 Å². The van der Waals surface area contributed by atoms with E-state index in [1.54, 1.807) is 0 Å². The number of aliphatic hydroxyl groups excluding tert-OH is 2. The molecule has 0 aromatic rings. The summed E-state index contributed by atoms with van der Waals surface area (Å²) in [5.41, 5.74) is 1.86. The molecule has 0 aromatic carbocycles. The van der Waals surface area contributed by atoms with Crippen molar-refractivity contribution >= 4 is 28.9 Å². The summed E-state index contributed by atoms with van der Waals surface area (Å²) in [6, 6.07) is 0. The van der Waals surface area contributed by atoms with Gasteiger partial charge in [-0.15, -0.1) is 0 Å². The van der Waals surface area contributed by atoms with E-state index in [1.165, 1.54) is 19.8 Å². The molecule has 8 saturated carbocycles. The summed E-state index contributed by atoms with van der Waals surface area (Å²) in [5.74, 6) is 4.52. The monoisotopic (exact) mass is 727 g/mol. The molecule has 14 atom stereocenters. The maximum Gasteiger partial charge on any atom is 0.302 e. The van der Waals surface area contributed by atoms with Crippen molar-refractivity contribution in [2.24, 2.45) is 84.5 Å². The van der Waals surface area contributed by atoms with Gasteiger partial charge in [0.15, 0.2) is 5.78 Å². The fraction of sp³-hybridized carbons (Fsp3) is 0.878. The number of ketones is 1. The van der Waals surface area contributed by atoms with Crippen molar-refractivity contribution in [2.45, 2.75) is 150 Å². The molecule has 292 valence electrons. The van der Waals surface area contributed by atoms with E-state index in [9.17, 15) is 30.3 Å². The minimum Gasteiger partial charge on any atom is -0.462 e. The topological polar surface area (TPSA) is 182 Å². The molecule has 0 heterocycles. The maximum absolute atomic E-state index is 12.1. The second kappa shape index (κ2) is 14.6. The Kier molecular flexibility index (Phi) is 11.0. The highest BCUT2D eigenvalue weighted by atomic mass is 16.5. The summed E-state index contributed by atoms with van der Waals surface area (Å²) in [7, 11) is 1.00. The van der Waals surface area contributed by atoms with Gasteiger partial charge >= 0.3 is 5.97 Å². The Morgan fingerprint density at radius 2 is 1.10 bits per heavy atom. The number of carbonyl (C=O) groups is 2. The Hall–Kier alpha value is -2.53. The van der Waals surface area contributed by atoms with Gasteiger partial charge in [-0.2, -0.15) is 0 Å². The fourth-order valence-corrected chi connectivity index (χ4v) is 14.5. The van der Waals surface area contributed by atoms with E-state index in [0.717, 1.165) is 71.3 Å². The first-order chi connectivity index (χ1) is 24.7. The van der Waals surface area contributed by atoms with Gasteiger partial charge in [0, 0.05) is 38.7 Å². The average molecular weight is 728 g/mol. The molecule has 5 N–H and O–H groups in total. The van der Waals surface area contributed by atoms with Gasteiger partial charge in [-0.1, -0.05) is 43.2 Å². The van der Waals surface area contributed by atoms with Crippen LogP contribution in [0.4, 0.5) is 0 Å². The smallest absolute Gasteiger partial charge is 0.302 e. The molecule has 8 rings (SSSR count). The molecule has 0 aromatic heterocycles. The van der Waals surface area contributed by atoms with E-state index >= 15 is 0 Å². The van der Waals surface area contributed by atoms with Crippen LogP contribution in [-0.4, -0.2) is 74.0 Å². The van der Waals surface area contributed by atoms with Crippen molar-refractivity contribution in [1.82, 2.24) is 0 Å². The Morgan fingerprint density at radius 1 is 0.615 bits per heavy atom. The van der Waals surface area contributed by atoms with Crippen LogP contribution in [0.5, 0.6) is 0 Å². The predicted molar refractivity (Wildman–Crippen MR) is 197 cm³/mol. The van der Waals surface area contributed by atoms with E-state index in [4.69, 9.17) is 9.84 Å². The zero-order valence-electron chi connectivity index (χ0n) is 32.4. The van der Waals surface area contributed by atoms with Crippen molar-refractivity contribution in [3.63, 3.8) is 0 Å². The van der Waals surface area contributed by atoms with Crippen molar-refractivity contribution in [1.29, 1.82) is 0 Å². The molecule has 0 radical (unpaired) electrons. The van der Waals surface area contributed by atoms with Gasteiger partial charge in [-0.3, -0.25) is 9.59 Å². The van der Waals surface area contributed by atoms with Crippen LogP contribution < -0.4 is 0 Å². The molecule has 13 unspecified atom stereocenters. The first-order valence-electron chi connectivity index (χ1n) is 20.2. The molecule has 11 heteroatoms. The van der Waals surface area contributed by atoms with Crippen LogP contribution in [0.2, 0.25) is 0 Å². The zero-order chi connectivity index (χ0) is 37.8. The molecule has 8 fully saturated rings. The summed E-state index contributed by atoms with van der Waals surface area (Å²) < 4.78 is 5.72. The maximum atomic E-state index is 12.1. The van der Waals surface area contributed by atoms with Gasteiger partial charge in [0.1, 0.15) is 23.2 Å². The standard InChI is InChI=1S/C21H32N2O4.C19H29NO3.CH4O/c1-12(24)27-19-7-6-15-14-5-4-13-10-17(22-25)18(23-26)11-21(13,3)16(14)8-9-20(15,19)2;1-18-8-7-14-12(13(18)5-6-17(18)22)4-3-11-9-16(21)15(20-23)10-19(11,14)2;1-2/h13-16,19,25-26H,4-11H2,1-3H3;11-14,17,22-23H,3-10H2,1-2H3;2H,1H3/b22-17-,23-18-;20-15-;/t;11?,12?,13?,14?,17-,18?,19?;/m.0./s1. The lowest BCUT2D eigenvalue weighted by Crippen LogP contribution is -2.55. The highest BCUT2D eigenvalue weighted by Gasteiger charge is 2.63. The van der Waals surface area contributed by atoms with Crippen LogP contribution in [-0.2, 0) is 14.3 Å². The van der Waals surface area contributed by atoms with Gasteiger partial charge in [-0.25, -0.2) is 0 Å². The molecule has 11 nitrogen and oxygen atoms in total. The van der Waals surface area contributed by atoms with Crippen molar-refractivity contribution in [2.75, 3.05) is 7.11 Å². The Labute approximate surface area is 309 Å². The first kappa shape index (κ1) is 39.2. The molecule has 52 heavy (non-hydrogen) atoms. The van der Waals surface area contributed by atoms with Crippen LogP contribution in [0, 0.1) is 69.0 Å². The van der Waals surface area contributed by atoms with Gasteiger partial charge in [0.25, 0.3) is 0 Å². The van der Waals surface area contributed by atoms with Gasteiger partial charge < -0.3 is 30.6 Å². The second-order valence-corrected chi connectivity index (χ2v) is 19.0. The van der Waals surface area contributed by atoms with E-state index in [2.05, 4.69) is 43.2 Å². The van der Waals surface area contributed by atoms with E-state index < -0.39 is 0 Å². The SMILES string of the molecule is CC(=O)OC1CCC2C3CCC4CC(=N/O)/C(=N\O)CC4(C)C3CCC12C.CC12C/C(=N/O)C(=O)CC1CCC1C2CCC2(C)C1CC[C@@H]2O.CO. The summed E-state index contributed by atoms with van der Waals surface area (Å²) >= 11 is 0. The van der Waals surface area contributed by atoms with Crippen molar-refractivity contribution in [3.05, 3.63) is 0 Å². The van der Waals surface area contributed by atoms with Crippen LogP contribution in [0.3, 0.4) is 0 Å². The highest BCUT2D eigenvalue weighted by molar-refractivity contribution is 6.42. The molecule has 8 aliphatic carbocycles. The zero-order valence-corrected chi connectivity index (χ0v) is 32.4. The number of Topliss-reactive ketones (excluding diaryl/α,β-unsaturated/α-hetero) is 1. The summed E-state index contributed by atoms with van der Waals surface area (Å²) in [4.78, 5) is 23.7. The predicted octanol–water partition coefficient (Wildman–Crippen LogP) is 7.24. The number of oxime groups is 3. The van der Waals surface area contributed by atoms with E-state index in [0.29, 0.717) is 90.2 Å². The quantitative estimate of drug-likeness (QED) is 0.106. The van der Waals surface area contributed by atoms with Crippen LogP contribution in [0.25, 0.3) is 0 Å². The highest BCUT2D eigenvalue weighted by Crippen LogP contribution is 2.67. The summed E-state index contributed by atoms with van der Waals surface area (Å²) in [6.45, 7) is 10.8. The Bertz CT molecular complexity index is 1460. The fourth-order valence-electron chi connectivity index (χ4n) is 14.5. The number of ether oxygens (including phenoxy) is 1. The number of esters is 1. The molecule has 0 aliphatic heterocycles. The molecule has 0 bridgehead atoms. The van der Waals surface area contributed by atoms with Crippen molar-refractivity contribution in [3.8, 4) is 0 Å². The Morgan fingerprint density at radius 3 is 1.65 bits per heavy atom. The van der Waals surface area contributed by atoms with Crippen molar-refractivity contribution < 1.29 is 40.2 Å². The largest absolute Gasteiger partial charge is 0.462 e. The normalized spacial score (nSPS) is 49.8. The number of rotatable bonds is 1. The number of aliphatic hydroxyl groups is 2. The number of carbonyl (C=O) groups excluding carboxylic acids is 2. The summed E-state index contributed by atoms with van der Waals surface area (Å²) in [6.07, 6.45) is 15.8. The minimum absolute atomic E-state index is 0.0466. The third-order valence-electron chi connectivity index (χ3n) is 17.3. The summed E-state index contributed by atoms with van der Waals surface area (Å²) in [5, 5.41) is 55.7. The van der Waals surface area contributed by atoms with Crippen LogP contribution in [0.15, 0.2) is 15.5 Å². The molecular weight excluding hydrogens is 662 g/mol. The molecule has 8 aliphatic rings. The third kappa shape index (κ3) is 6.12. The van der Waals surface area contributed by atoms with E-state index in [1.807, 2.05) is 0 Å². The molecule has 0 spiro atoms. The molecular formula is C41H65N3O8.